The van der Waals surface area contributed by atoms with Gasteiger partial charge in [0.1, 0.15) is 15.6 Å². The Balaban J connectivity index is 2.18. The van der Waals surface area contributed by atoms with E-state index in [1.54, 1.807) is 18.5 Å². The van der Waals surface area contributed by atoms with Gasteiger partial charge in [0.15, 0.2) is 0 Å². The van der Waals surface area contributed by atoms with Gasteiger partial charge in [-0.05, 0) is 31.2 Å². The van der Waals surface area contributed by atoms with Crippen LogP contribution in [0, 0.1) is 5.92 Å². The molecule has 3 unspecified atom stereocenters. The van der Waals surface area contributed by atoms with Gasteiger partial charge < -0.3 is 9.84 Å². The summed E-state index contributed by atoms with van der Waals surface area (Å²) >= 11 is 0. The molecule has 0 radical (unpaired) electrons. The van der Waals surface area contributed by atoms with Gasteiger partial charge in [-0.25, -0.2) is 8.42 Å². The van der Waals surface area contributed by atoms with E-state index in [0.717, 1.165) is 12.8 Å². The van der Waals surface area contributed by atoms with Crippen LogP contribution in [0.1, 0.15) is 37.4 Å². The molecule has 1 fully saturated rings. The number of nitrogens with zero attached hydrogens (tertiary/aromatic N) is 1. The summed E-state index contributed by atoms with van der Waals surface area (Å²) in [6.07, 6.45) is 6.59. The van der Waals surface area contributed by atoms with E-state index in [0.29, 0.717) is 24.2 Å². The van der Waals surface area contributed by atoms with Crippen LogP contribution in [0.25, 0.3) is 0 Å². The molecule has 0 amide bonds. The molecule has 5 nitrogen and oxygen atoms in total. The highest BCUT2D eigenvalue weighted by molar-refractivity contribution is 7.91. The van der Waals surface area contributed by atoms with Crippen LogP contribution >= 0.6 is 0 Å². The minimum absolute atomic E-state index is 0.0558. The second-order valence-electron chi connectivity index (χ2n) is 5.44. The highest BCUT2D eigenvalue weighted by atomic mass is 32.2. The molecule has 1 aromatic rings. The van der Waals surface area contributed by atoms with Gasteiger partial charge in [-0.1, -0.05) is 6.42 Å². The minimum Gasteiger partial charge on any atom is -0.495 e. The molecule has 0 spiro atoms. The van der Waals surface area contributed by atoms with E-state index in [-0.39, 0.29) is 11.2 Å². The van der Waals surface area contributed by atoms with Gasteiger partial charge in [0.2, 0.25) is 0 Å². The molecule has 1 saturated carbocycles. The first kappa shape index (κ1) is 15.3. The van der Waals surface area contributed by atoms with E-state index in [4.69, 9.17) is 4.74 Å². The molecule has 6 heteroatoms. The van der Waals surface area contributed by atoms with Crippen molar-refractivity contribution in [3.8, 4) is 5.75 Å². The lowest BCUT2D eigenvalue weighted by Crippen LogP contribution is -2.30. The molecular formula is C14H21NO4S. The van der Waals surface area contributed by atoms with Crippen LogP contribution in [0.5, 0.6) is 5.75 Å². The first-order valence-corrected chi connectivity index (χ1v) is 8.73. The maximum absolute atomic E-state index is 11.7. The number of aromatic nitrogens is 1. The Morgan fingerprint density at radius 3 is 2.85 bits per heavy atom. The molecule has 1 N–H and O–H groups in total. The minimum atomic E-state index is -3.04. The lowest BCUT2D eigenvalue weighted by atomic mass is 9.82. The summed E-state index contributed by atoms with van der Waals surface area (Å²) in [6.45, 7) is 0. The first-order valence-electron chi connectivity index (χ1n) is 6.78. The molecule has 112 valence electrons. The lowest BCUT2D eigenvalue weighted by molar-refractivity contribution is 0.0832. The van der Waals surface area contributed by atoms with Crippen molar-refractivity contribution in [1.82, 2.24) is 4.98 Å². The standard InChI is InChI=1S/C14H21NO4S/c1-19-13-9-15-7-6-12(13)14(16)10-4-3-5-11(8-10)20(2,17)18/h6-7,9-11,14,16H,3-5,8H2,1-2H3. The predicted molar refractivity (Wildman–Crippen MR) is 76.3 cm³/mol. The summed E-state index contributed by atoms with van der Waals surface area (Å²) in [4.78, 5) is 3.97. The molecule has 0 aromatic carbocycles. The monoisotopic (exact) mass is 299 g/mol. The zero-order chi connectivity index (χ0) is 14.8. The number of rotatable bonds is 4. The fourth-order valence-corrected chi connectivity index (χ4v) is 4.11. The highest BCUT2D eigenvalue weighted by Crippen LogP contribution is 2.39. The van der Waals surface area contributed by atoms with Gasteiger partial charge in [0.05, 0.1) is 24.7 Å². The SMILES string of the molecule is COc1cnccc1C(O)C1CCCC(S(C)(=O)=O)C1. The first-order chi connectivity index (χ1) is 9.43. The number of hydrogen-bond acceptors (Lipinski definition) is 5. The molecular weight excluding hydrogens is 278 g/mol. The molecule has 1 aromatic heterocycles. The maximum atomic E-state index is 11.7. The van der Waals surface area contributed by atoms with Crippen molar-refractivity contribution in [1.29, 1.82) is 0 Å². The van der Waals surface area contributed by atoms with E-state index >= 15 is 0 Å². The fraction of sp³-hybridized carbons (Fsp3) is 0.643. The van der Waals surface area contributed by atoms with Crippen LogP contribution in [-0.2, 0) is 9.84 Å². The number of ether oxygens (including phenoxy) is 1. The zero-order valence-electron chi connectivity index (χ0n) is 11.8. The summed E-state index contributed by atoms with van der Waals surface area (Å²) in [6, 6.07) is 1.73. The summed E-state index contributed by atoms with van der Waals surface area (Å²) in [5.74, 6) is 0.487. The van der Waals surface area contributed by atoms with Crippen molar-refractivity contribution in [2.24, 2.45) is 5.92 Å². The number of methoxy groups -OCH3 is 1. The number of hydrogen-bond donors (Lipinski definition) is 1. The van der Waals surface area contributed by atoms with Crippen LogP contribution in [-0.4, -0.2) is 37.1 Å². The summed E-state index contributed by atoms with van der Waals surface area (Å²) in [5, 5.41) is 10.2. The Morgan fingerprint density at radius 1 is 1.45 bits per heavy atom. The van der Waals surface area contributed by atoms with Crippen LogP contribution in [0.2, 0.25) is 0 Å². The number of aliphatic hydroxyl groups excluding tert-OH is 1. The topological polar surface area (TPSA) is 76.5 Å². The number of aliphatic hydroxyl groups is 1. The largest absolute Gasteiger partial charge is 0.495 e. The lowest BCUT2D eigenvalue weighted by Gasteiger charge is -2.31. The van der Waals surface area contributed by atoms with Gasteiger partial charge in [-0.2, -0.15) is 0 Å². The van der Waals surface area contributed by atoms with Crippen molar-refractivity contribution >= 4 is 9.84 Å². The Bertz CT molecular complexity index is 558. The van der Waals surface area contributed by atoms with Gasteiger partial charge in [0.25, 0.3) is 0 Å². The second kappa shape index (κ2) is 6.10. The summed E-state index contributed by atoms with van der Waals surface area (Å²) in [5.41, 5.74) is 0.682. The third-order valence-corrected chi connectivity index (χ3v) is 5.71. The van der Waals surface area contributed by atoms with Crippen molar-refractivity contribution in [3.63, 3.8) is 0 Å². The van der Waals surface area contributed by atoms with Gasteiger partial charge in [-0.3, -0.25) is 4.98 Å². The van der Waals surface area contributed by atoms with E-state index in [1.165, 1.54) is 13.4 Å². The van der Waals surface area contributed by atoms with Crippen molar-refractivity contribution in [2.45, 2.75) is 37.0 Å². The summed E-state index contributed by atoms with van der Waals surface area (Å²) < 4.78 is 28.6. The van der Waals surface area contributed by atoms with Crippen LogP contribution < -0.4 is 4.74 Å². The van der Waals surface area contributed by atoms with Gasteiger partial charge >= 0.3 is 0 Å². The molecule has 1 heterocycles. The fourth-order valence-electron chi connectivity index (χ4n) is 2.92. The Labute approximate surface area is 119 Å². The molecule has 1 aliphatic carbocycles. The molecule has 0 bridgehead atoms. The van der Waals surface area contributed by atoms with Crippen molar-refractivity contribution in [2.75, 3.05) is 13.4 Å². The molecule has 0 aliphatic heterocycles. The second-order valence-corrected chi connectivity index (χ2v) is 7.77. The van der Waals surface area contributed by atoms with Crippen molar-refractivity contribution in [3.05, 3.63) is 24.0 Å². The van der Waals surface area contributed by atoms with Crippen molar-refractivity contribution < 1.29 is 18.3 Å². The Kier molecular flexibility index (Phi) is 4.65. The predicted octanol–water partition coefficient (Wildman–Crippen LogP) is 1.73. The summed E-state index contributed by atoms with van der Waals surface area (Å²) in [7, 11) is -1.51. The van der Waals surface area contributed by atoms with Crippen LogP contribution in [0.4, 0.5) is 0 Å². The average molecular weight is 299 g/mol. The third-order valence-electron chi connectivity index (χ3n) is 4.07. The van der Waals surface area contributed by atoms with Gasteiger partial charge in [-0.15, -0.1) is 0 Å². The molecule has 20 heavy (non-hydrogen) atoms. The zero-order valence-corrected chi connectivity index (χ0v) is 12.6. The number of pyridine rings is 1. The quantitative estimate of drug-likeness (QED) is 0.916. The smallest absolute Gasteiger partial charge is 0.150 e. The molecule has 2 rings (SSSR count). The maximum Gasteiger partial charge on any atom is 0.150 e. The average Bonchev–Trinajstić information content (AvgIpc) is 2.45. The molecule has 1 aliphatic rings. The normalized spacial score (nSPS) is 25.1. The van der Waals surface area contributed by atoms with Crippen LogP contribution in [0.3, 0.4) is 0 Å². The third kappa shape index (κ3) is 3.30. The Hall–Kier alpha value is -1.14. The van der Waals surface area contributed by atoms with E-state index in [2.05, 4.69) is 4.98 Å². The van der Waals surface area contributed by atoms with Crippen LogP contribution in [0.15, 0.2) is 18.5 Å². The molecule has 3 atom stereocenters. The van der Waals surface area contributed by atoms with E-state index in [9.17, 15) is 13.5 Å². The highest BCUT2D eigenvalue weighted by Gasteiger charge is 2.33. The number of sulfone groups is 1. The molecule has 0 saturated heterocycles. The van der Waals surface area contributed by atoms with E-state index < -0.39 is 15.9 Å². The van der Waals surface area contributed by atoms with Gasteiger partial charge in [0, 0.05) is 18.0 Å². The Morgan fingerprint density at radius 2 is 2.20 bits per heavy atom. The van der Waals surface area contributed by atoms with E-state index in [1.807, 2.05) is 0 Å².